The third-order valence-electron chi connectivity index (χ3n) is 1.67. The number of aliphatic hydroxyl groups excluding tert-OH is 1. The summed E-state index contributed by atoms with van der Waals surface area (Å²) in [5.74, 6) is 0. The molecule has 4 heteroatoms. The Balaban J connectivity index is 3.06. The van der Waals surface area contributed by atoms with Crippen molar-refractivity contribution in [2.45, 2.75) is 33.0 Å². The summed E-state index contributed by atoms with van der Waals surface area (Å²) in [6.07, 6.45) is 2.03. The van der Waals surface area contributed by atoms with Gasteiger partial charge >= 0.3 is 0 Å². The number of hydrogen-bond donors (Lipinski definition) is 1. The second-order valence-corrected chi connectivity index (χ2v) is 3.00. The van der Waals surface area contributed by atoms with Gasteiger partial charge in [-0.25, -0.2) is 0 Å². The minimum atomic E-state index is -0.167. The fourth-order valence-corrected chi connectivity index (χ4v) is 0.881. The highest BCUT2D eigenvalue weighted by atomic mass is 16.7. The molecular weight excluding hydrogens is 184 g/mol. The first kappa shape index (κ1) is 13.8. The molecule has 0 rings (SSSR count). The van der Waals surface area contributed by atoms with Crippen LogP contribution in [0.25, 0.3) is 0 Å². The van der Waals surface area contributed by atoms with E-state index in [2.05, 4.69) is 6.92 Å². The van der Waals surface area contributed by atoms with Crippen LogP contribution >= 0.6 is 0 Å². The molecule has 86 valence electrons. The van der Waals surface area contributed by atoms with E-state index in [4.69, 9.17) is 19.3 Å². The summed E-state index contributed by atoms with van der Waals surface area (Å²) in [6, 6.07) is 0. The normalized spacial score (nSPS) is 13.1. The number of unbranched alkanes of at least 4 members (excludes halogenated alkanes) is 1. The average molecular weight is 206 g/mol. The van der Waals surface area contributed by atoms with Crippen molar-refractivity contribution >= 4 is 0 Å². The van der Waals surface area contributed by atoms with Crippen LogP contribution in [0.4, 0.5) is 0 Å². The van der Waals surface area contributed by atoms with Crippen LogP contribution in [0.2, 0.25) is 0 Å². The lowest BCUT2D eigenvalue weighted by Gasteiger charge is -2.13. The van der Waals surface area contributed by atoms with Gasteiger partial charge in [0.1, 0.15) is 0 Å². The molecule has 0 aromatic carbocycles. The van der Waals surface area contributed by atoms with E-state index in [1.165, 1.54) is 0 Å². The Kier molecular flexibility index (Phi) is 10.8. The van der Waals surface area contributed by atoms with Crippen LogP contribution < -0.4 is 0 Å². The fraction of sp³-hybridized carbons (Fsp3) is 1.00. The molecule has 0 spiro atoms. The topological polar surface area (TPSA) is 47.9 Å². The largest absolute Gasteiger partial charge is 0.394 e. The molecule has 0 fully saturated rings. The summed E-state index contributed by atoms with van der Waals surface area (Å²) in [5.41, 5.74) is 0. The molecule has 1 N–H and O–H groups in total. The van der Waals surface area contributed by atoms with Crippen molar-refractivity contribution in [1.29, 1.82) is 0 Å². The Hall–Kier alpha value is -0.160. The highest BCUT2D eigenvalue weighted by molar-refractivity contribution is 4.36. The van der Waals surface area contributed by atoms with E-state index in [-0.39, 0.29) is 12.9 Å². The Morgan fingerprint density at radius 2 is 1.79 bits per heavy atom. The second kappa shape index (κ2) is 10.9. The standard InChI is InChI=1S/C10H22O4/c1-3-4-6-13-10(2)14-9-8-12-7-5-11/h10-11H,3-9H2,1-2H3. The summed E-state index contributed by atoms with van der Waals surface area (Å²) in [5, 5.41) is 8.43. The van der Waals surface area contributed by atoms with E-state index in [0.29, 0.717) is 19.8 Å². The van der Waals surface area contributed by atoms with Crippen molar-refractivity contribution in [2.75, 3.05) is 33.0 Å². The van der Waals surface area contributed by atoms with E-state index in [0.717, 1.165) is 19.4 Å². The smallest absolute Gasteiger partial charge is 0.154 e. The maximum absolute atomic E-state index is 8.43. The van der Waals surface area contributed by atoms with E-state index < -0.39 is 0 Å². The summed E-state index contributed by atoms with van der Waals surface area (Å²) >= 11 is 0. The molecule has 0 saturated heterocycles. The van der Waals surface area contributed by atoms with Crippen LogP contribution in [0.3, 0.4) is 0 Å². The van der Waals surface area contributed by atoms with Crippen molar-refractivity contribution in [1.82, 2.24) is 0 Å². The van der Waals surface area contributed by atoms with Crippen molar-refractivity contribution in [3.63, 3.8) is 0 Å². The highest BCUT2D eigenvalue weighted by Gasteiger charge is 2.00. The van der Waals surface area contributed by atoms with Crippen LogP contribution in [-0.4, -0.2) is 44.4 Å². The van der Waals surface area contributed by atoms with E-state index in [1.807, 2.05) is 6.92 Å². The van der Waals surface area contributed by atoms with Gasteiger partial charge in [0.25, 0.3) is 0 Å². The third kappa shape index (κ3) is 9.92. The van der Waals surface area contributed by atoms with E-state index in [1.54, 1.807) is 0 Å². The van der Waals surface area contributed by atoms with Crippen LogP contribution in [-0.2, 0) is 14.2 Å². The molecular formula is C10H22O4. The van der Waals surface area contributed by atoms with Gasteiger partial charge < -0.3 is 19.3 Å². The minimum absolute atomic E-state index is 0.0581. The quantitative estimate of drug-likeness (QED) is 0.430. The molecule has 0 aliphatic heterocycles. The lowest BCUT2D eigenvalue weighted by atomic mass is 10.4. The van der Waals surface area contributed by atoms with Crippen LogP contribution in [0.15, 0.2) is 0 Å². The van der Waals surface area contributed by atoms with Gasteiger partial charge in [-0.2, -0.15) is 0 Å². The Bertz CT molecular complexity index is 108. The van der Waals surface area contributed by atoms with Gasteiger partial charge in [-0.15, -0.1) is 0 Å². The van der Waals surface area contributed by atoms with Gasteiger partial charge in [-0.3, -0.25) is 0 Å². The summed E-state index contributed by atoms with van der Waals surface area (Å²) in [4.78, 5) is 0. The molecule has 14 heavy (non-hydrogen) atoms. The molecule has 1 atom stereocenters. The average Bonchev–Trinajstić information content (AvgIpc) is 2.18. The summed E-state index contributed by atoms with van der Waals surface area (Å²) < 4.78 is 15.7. The number of rotatable bonds is 10. The Morgan fingerprint density at radius 3 is 2.43 bits per heavy atom. The number of ether oxygens (including phenoxy) is 3. The zero-order valence-corrected chi connectivity index (χ0v) is 9.20. The monoisotopic (exact) mass is 206 g/mol. The lowest BCUT2D eigenvalue weighted by molar-refractivity contribution is -0.140. The van der Waals surface area contributed by atoms with Crippen LogP contribution in [0.1, 0.15) is 26.7 Å². The first-order chi connectivity index (χ1) is 6.81. The molecule has 0 aliphatic carbocycles. The molecule has 0 amide bonds. The molecule has 4 nitrogen and oxygen atoms in total. The molecule has 1 unspecified atom stereocenters. The minimum Gasteiger partial charge on any atom is -0.394 e. The van der Waals surface area contributed by atoms with Crippen molar-refractivity contribution in [2.24, 2.45) is 0 Å². The maximum atomic E-state index is 8.43. The van der Waals surface area contributed by atoms with Gasteiger partial charge in [0, 0.05) is 6.61 Å². The summed E-state index contributed by atoms with van der Waals surface area (Å²) in [6.45, 7) is 6.18. The Morgan fingerprint density at radius 1 is 1.07 bits per heavy atom. The third-order valence-corrected chi connectivity index (χ3v) is 1.67. The molecule has 0 bridgehead atoms. The Labute approximate surface area is 86.2 Å². The van der Waals surface area contributed by atoms with E-state index in [9.17, 15) is 0 Å². The predicted octanol–water partition coefficient (Wildman–Crippen LogP) is 1.17. The van der Waals surface area contributed by atoms with Crippen molar-refractivity contribution in [3.05, 3.63) is 0 Å². The van der Waals surface area contributed by atoms with Crippen LogP contribution in [0, 0.1) is 0 Å². The number of hydrogen-bond acceptors (Lipinski definition) is 4. The molecule has 0 radical (unpaired) electrons. The van der Waals surface area contributed by atoms with Gasteiger partial charge in [-0.1, -0.05) is 13.3 Å². The van der Waals surface area contributed by atoms with Gasteiger partial charge in [0.2, 0.25) is 0 Å². The fourth-order valence-electron chi connectivity index (χ4n) is 0.881. The van der Waals surface area contributed by atoms with Gasteiger partial charge in [0.05, 0.1) is 26.4 Å². The van der Waals surface area contributed by atoms with Crippen molar-refractivity contribution < 1.29 is 19.3 Å². The highest BCUT2D eigenvalue weighted by Crippen LogP contribution is 1.96. The van der Waals surface area contributed by atoms with Crippen molar-refractivity contribution in [3.8, 4) is 0 Å². The van der Waals surface area contributed by atoms with Gasteiger partial charge in [-0.05, 0) is 13.3 Å². The lowest BCUT2D eigenvalue weighted by Crippen LogP contribution is -2.17. The second-order valence-electron chi connectivity index (χ2n) is 3.00. The first-order valence-electron chi connectivity index (χ1n) is 5.23. The SMILES string of the molecule is CCCCOC(C)OCCOCCO. The molecule has 0 aromatic heterocycles. The molecule has 0 heterocycles. The zero-order chi connectivity index (χ0) is 10.6. The molecule has 0 saturated carbocycles. The molecule has 0 aromatic rings. The zero-order valence-electron chi connectivity index (χ0n) is 9.20. The van der Waals surface area contributed by atoms with Crippen LogP contribution in [0.5, 0.6) is 0 Å². The number of aliphatic hydroxyl groups is 1. The molecule has 0 aliphatic rings. The predicted molar refractivity (Wildman–Crippen MR) is 54.2 cm³/mol. The summed E-state index contributed by atoms with van der Waals surface area (Å²) in [7, 11) is 0. The van der Waals surface area contributed by atoms with E-state index >= 15 is 0 Å². The first-order valence-corrected chi connectivity index (χ1v) is 5.23. The van der Waals surface area contributed by atoms with Gasteiger partial charge in [0.15, 0.2) is 6.29 Å². The maximum Gasteiger partial charge on any atom is 0.154 e.